The van der Waals surface area contributed by atoms with E-state index in [1.807, 2.05) is 0 Å². The molecule has 0 fully saturated rings. The van der Waals surface area contributed by atoms with Crippen molar-refractivity contribution in [3.63, 3.8) is 0 Å². The summed E-state index contributed by atoms with van der Waals surface area (Å²) < 4.78 is 49.5. The van der Waals surface area contributed by atoms with E-state index in [0.29, 0.717) is 0 Å². The molecule has 0 spiro atoms. The minimum Gasteiger partial charge on any atom is -0.303 e. The molecule has 0 heterocycles. The summed E-state index contributed by atoms with van der Waals surface area (Å²) in [4.78, 5) is 10.2. The molecule has 1 rings (SSSR count). The van der Waals surface area contributed by atoms with Crippen LogP contribution < -0.4 is 0 Å². The Labute approximate surface area is 83.7 Å². The van der Waals surface area contributed by atoms with Gasteiger partial charge in [-0.1, -0.05) is 18.2 Å². The van der Waals surface area contributed by atoms with Gasteiger partial charge in [-0.05, 0) is 18.1 Å². The van der Waals surface area contributed by atoms with Gasteiger partial charge in [-0.25, -0.2) is 4.39 Å². The molecule has 0 amide bonds. The van der Waals surface area contributed by atoms with Crippen LogP contribution in [0.2, 0.25) is 0 Å². The van der Waals surface area contributed by atoms with Gasteiger partial charge in [-0.3, -0.25) is 0 Å². The van der Waals surface area contributed by atoms with E-state index >= 15 is 0 Å². The zero-order chi connectivity index (χ0) is 11.5. The number of carbonyl (C=O) groups is 1. The van der Waals surface area contributed by atoms with Crippen LogP contribution in [-0.2, 0) is 11.2 Å². The lowest BCUT2D eigenvalue weighted by molar-refractivity contribution is -0.174. The predicted octanol–water partition coefficient (Wildman–Crippen LogP) is 2.75. The zero-order valence-electron chi connectivity index (χ0n) is 7.59. The third kappa shape index (κ3) is 3.04. The Bertz CT molecular complexity index is 346. The van der Waals surface area contributed by atoms with Gasteiger partial charge in [0.2, 0.25) is 0 Å². The van der Waals surface area contributed by atoms with Gasteiger partial charge in [-0.15, -0.1) is 0 Å². The Morgan fingerprint density at radius 1 is 1.27 bits per heavy atom. The normalized spacial score (nSPS) is 13.6. The molecular weight excluding hydrogens is 212 g/mol. The average Bonchev–Trinajstić information content (AvgIpc) is 2.14. The fourth-order valence-corrected chi connectivity index (χ4v) is 1.14. The number of carbonyl (C=O) groups excluding carboxylic acids is 1. The molecule has 15 heavy (non-hydrogen) atoms. The maximum atomic E-state index is 13.0. The minimum atomic E-state index is -4.62. The van der Waals surface area contributed by atoms with E-state index in [9.17, 15) is 22.4 Å². The standard InChI is InChI=1S/C10H8F4O/c11-9-4-2-1-3-7(9)5-8(6-15)10(12,13)14/h1-4,6,8H,5H2. The molecule has 1 aromatic rings. The van der Waals surface area contributed by atoms with Gasteiger partial charge >= 0.3 is 6.18 Å². The first-order valence-corrected chi connectivity index (χ1v) is 4.20. The maximum Gasteiger partial charge on any atom is 0.398 e. The summed E-state index contributed by atoms with van der Waals surface area (Å²) >= 11 is 0. The van der Waals surface area contributed by atoms with Crippen LogP contribution in [0.3, 0.4) is 0 Å². The van der Waals surface area contributed by atoms with Crippen molar-refractivity contribution in [2.75, 3.05) is 0 Å². The number of hydrogen-bond donors (Lipinski definition) is 0. The van der Waals surface area contributed by atoms with E-state index in [4.69, 9.17) is 0 Å². The lowest BCUT2D eigenvalue weighted by Gasteiger charge is -2.14. The fourth-order valence-electron chi connectivity index (χ4n) is 1.14. The second-order valence-corrected chi connectivity index (χ2v) is 3.08. The third-order valence-electron chi connectivity index (χ3n) is 1.98. The topological polar surface area (TPSA) is 17.1 Å². The molecule has 0 radical (unpaired) electrons. The van der Waals surface area contributed by atoms with Crippen molar-refractivity contribution in [2.45, 2.75) is 12.6 Å². The molecule has 0 aromatic heterocycles. The van der Waals surface area contributed by atoms with E-state index < -0.39 is 24.3 Å². The Balaban J connectivity index is 2.85. The van der Waals surface area contributed by atoms with Crippen LogP contribution in [0.5, 0.6) is 0 Å². The summed E-state index contributed by atoms with van der Waals surface area (Å²) in [5.74, 6) is -2.87. The van der Waals surface area contributed by atoms with Crippen molar-refractivity contribution in [1.29, 1.82) is 0 Å². The molecule has 1 unspecified atom stereocenters. The number of alkyl halides is 3. The molecule has 1 nitrogen and oxygen atoms in total. The van der Waals surface area contributed by atoms with Gasteiger partial charge in [0, 0.05) is 0 Å². The molecule has 0 N–H and O–H groups in total. The molecule has 0 bridgehead atoms. The van der Waals surface area contributed by atoms with Crippen LogP contribution in [0, 0.1) is 11.7 Å². The highest BCUT2D eigenvalue weighted by atomic mass is 19.4. The Morgan fingerprint density at radius 3 is 2.33 bits per heavy atom. The Hall–Kier alpha value is -1.39. The SMILES string of the molecule is O=CC(Cc1ccccc1F)C(F)(F)F. The summed E-state index contributed by atoms with van der Waals surface area (Å²) in [6.45, 7) is 0. The molecule has 0 saturated carbocycles. The lowest BCUT2D eigenvalue weighted by atomic mass is 10.00. The summed E-state index contributed by atoms with van der Waals surface area (Å²) in [7, 11) is 0. The van der Waals surface area contributed by atoms with Gasteiger partial charge in [0.15, 0.2) is 0 Å². The van der Waals surface area contributed by atoms with Crippen molar-refractivity contribution < 1.29 is 22.4 Å². The van der Waals surface area contributed by atoms with E-state index in [2.05, 4.69) is 0 Å². The third-order valence-corrected chi connectivity index (χ3v) is 1.98. The molecule has 1 atom stereocenters. The Morgan fingerprint density at radius 2 is 1.87 bits per heavy atom. The van der Waals surface area contributed by atoms with E-state index in [0.717, 1.165) is 6.07 Å². The Kier molecular flexibility index (Phi) is 3.44. The van der Waals surface area contributed by atoms with E-state index in [1.165, 1.54) is 18.2 Å². The van der Waals surface area contributed by atoms with Gasteiger partial charge < -0.3 is 4.79 Å². The molecule has 0 saturated heterocycles. The number of aldehydes is 1. The van der Waals surface area contributed by atoms with Crippen molar-refractivity contribution in [2.24, 2.45) is 5.92 Å². The van der Waals surface area contributed by atoms with Crippen LogP contribution in [0.25, 0.3) is 0 Å². The predicted molar refractivity (Wildman–Crippen MR) is 45.7 cm³/mol. The average molecular weight is 220 g/mol. The molecule has 0 aliphatic rings. The molecule has 0 aliphatic heterocycles. The van der Waals surface area contributed by atoms with Crippen LogP contribution in [0.1, 0.15) is 5.56 Å². The number of benzene rings is 1. The summed E-state index contributed by atoms with van der Waals surface area (Å²) in [6.07, 6.45) is -5.48. The second kappa shape index (κ2) is 4.42. The maximum absolute atomic E-state index is 13.0. The lowest BCUT2D eigenvalue weighted by Crippen LogP contribution is -2.26. The summed E-state index contributed by atoms with van der Waals surface area (Å²) in [5.41, 5.74) is -0.105. The molecule has 0 aliphatic carbocycles. The van der Waals surface area contributed by atoms with Crippen LogP contribution in [0.4, 0.5) is 17.6 Å². The minimum absolute atomic E-state index is 0.105. The summed E-state index contributed by atoms with van der Waals surface area (Å²) in [5, 5.41) is 0. The van der Waals surface area contributed by atoms with Crippen molar-refractivity contribution in [3.05, 3.63) is 35.6 Å². The van der Waals surface area contributed by atoms with Crippen molar-refractivity contribution in [1.82, 2.24) is 0 Å². The van der Waals surface area contributed by atoms with Crippen LogP contribution in [-0.4, -0.2) is 12.5 Å². The molecule has 5 heteroatoms. The van der Waals surface area contributed by atoms with Crippen LogP contribution in [0.15, 0.2) is 24.3 Å². The first-order valence-electron chi connectivity index (χ1n) is 4.20. The first-order chi connectivity index (χ1) is 6.95. The first kappa shape index (κ1) is 11.7. The highest BCUT2D eigenvalue weighted by Crippen LogP contribution is 2.28. The summed E-state index contributed by atoms with van der Waals surface area (Å²) in [6, 6.07) is 5.10. The van der Waals surface area contributed by atoms with Gasteiger partial charge in [0.25, 0.3) is 0 Å². The highest BCUT2D eigenvalue weighted by molar-refractivity contribution is 5.55. The highest BCUT2D eigenvalue weighted by Gasteiger charge is 2.39. The van der Waals surface area contributed by atoms with Crippen LogP contribution >= 0.6 is 0 Å². The number of hydrogen-bond acceptors (Lipinski definition) is 1. The van der Waals surface area contributed by atoms with Gasteiger partial charge in [0.05, 0.1) is 0 Å². The van der Waals surface area contributed by atoms with Crippen molar-refractivity contribution >= 4 is 6.29 Å². The number of rotatable bonds is 3. The molecule has 1 aromatic carbocycles. The quantitative estimate of drug-likeness (QED) is 0.565. The monoisotopic (exact) mass is 220 g/mol. The van der Waals surface area contributed by atoms with E-state index in [-0.39, 0.29) is 11.8 Å². The molecular formula is C10H8F4O. The van der Waals surface area contributed by atoms with E-state index in [1.54, 1.807) is 0 Å². The van der Waals surface area contributed by atoms with Gasteiger partial charge in [-0.2, -0.15) is 13.2 Å². The largest absolute Gasteiger partial charge is 0.398 e. The molecule has 82 valence electrons. The fraction of sp³-hybridized carbons (Fsp3) is 0.300. The smallest absolute Gasteiger partial charge is 0.303 e. The van der Waals surface area contributed by atoms with Crippen molar-refractivity contribution in [3.8, 4) is 0 Å². The zero-order valence-corrected chi connectivity index (χ0v) is 7.59. The van der Waals surface area contributed by atoms with Gasteiger partial charge in [0.1, 0.15) is 18.0 Å². The second-order valence-electron chi connectivity index (χ2n) is 3.08. The number of halogens is 4.